The van der Waals surface area contributed by atoms with Crippen LogP contribution in [0, 0.1) is 12.8 Å². The molecule has 1 unspecified atom stereocenters. The second-order valence-corrected chi connectivity index (χ2v) is 10.7. The summed E-state index contributed by atoms with van der Waals surface area (Å²) in [5.41, 5.74) is 1.55. The van der Waals surface area contributed by atoms with Crippen molar-refractivity contribution in [1.29, 1.82) is 0 Å². The minimum Gasteiger partial charge on any atom is -0.388 e. The van der Waals surface area contributed by atoms with E-state index in [4.69, 9.17) is 0 Å². The third-order valence-corrected chi connectivity index (χ3v) is 7.54. The Kier molecular flexibility index (Phi) is 7.06. The summed E-state index contributed by atoms with van der Waals surface area (Å²) in [5, 5.41) is 13.9. The third-order valence-electron chi connectivity index (χ3n) is 6.27. The lowest BCUT2D eigenvalue weighted by atomic mass is 9.90. The van der Waals surface area contributed by atoms with Crippen LogP contribution in [0.2, 0.25) is 0 Å². The second-order valence-electron chi connectivity index (χ2n) is 8.71. The fraction of sp³-hybridized carbons (Fsp3) is 0.667. The van der Waals surface area contributed by atoms with Gasteiger partial charge in [-0.25, -0.2) is 12.7 Å². The minimum absolute atomic E-state index is 0.170. The summed E-state index contributed by atoms with van der Waals surface area (Å²) >= 11 is 0. The fourth-order valence-electron chi connectivity index (χ4n) is 4.38. The van der Waals surface area contributed by atoms with Gasteiger partial charge in [0.15, 0.2) is 0 Å². The van der Waals surface area contributed by atoms with Crippen LogP contribution in [-0.4, -0.2) is 93.4 Å². The highest BCUT2D eigenvalue weighted by molar-refractivity contribution is 7.88. The van der Waals surface area contributed by atoms with Crippen LogP contribution in [-0.2, 0) is 14.8 Å². The van der Waals surface area contributed by atoms with Gasteiger partial charge in [0.2, 0.25) is 15.9 Å². The molecule has 1 amide bonds. The Labute approximate surface area is 179 Å². The van der Waals surface area contributed by atoms with E-state index < -0.39 is 21.5 Å². The molecule has 0 radical (unpaired) electrons. The Morgan fingerprint density at radius 2 is 1.77 bits per heavy atom. The molecule has 1 atom stereocenters. The van der Waals surface area contributed by atoms with Gasteiger partial charge in [-0.1, -0.05) is 17.7 Å². The van der Waals surface area contributed by atoms with Crippen molar-refractivity contribution in [2.75, 3.05) is 64.0 Å². The molecule has 2 aliphatic heterocycles. The van der Waals surface area contributed by atoms with Gasteiger partial charge in [-0.15, -0.1) is 0 Å². The first-order valence-electron chi connectivity index (χ1n) is 10.5. The molecule has 0 aromatic heterocycles. The lowest BCUT2D eigenvalue weighted by Gasteiger charge is -2.42. The van der Waals surface area contributed by atoms with Crippen LogP contribution < -0.4 is 10.2 Å². The smallest absolute Gasteiger partial charge is 0.225 e. The zero-order valence-electron chi connectivity index (χ0n) is 18.2. The van der Waals surface area contributed by atoms with Crippen LogP contribution in [0.3, 0.4) is 0 Å². The van der Waals surface area contributed by atoms with Gasteiger partial charge in [-0.2, -0.15) is 0 Å². The van der Waals surface area contributed by atoms with Crippen LogP contribution in [0.25, 0.3) is 0 Å². The molecule has 9 heteroatoms. The fourth-order valence-corrected chi connectivity index (χ4v) is 5.24. The van der Waals surface area contributed by atoms with Gasteiger partial charge in [0, 0.05) is 58.5 Å². The summed E-state index contributed by atoms with van der Waals surface area (Å²) in [6.07, 6.45) is 2.45. The highest BCUT2D eigenvalue weighted by atomic mass is 32.2. The highest BCUT2D eigenvalue weighted by Gasteiger charge is 2.37. The van der Waals surface area contributed by atoms with Gasteiger partial charge in [-0.05, 0) is 31.9 Å². The van der Waals surface area contributed by atoms with E-state index in [2.05, 4.69) is 41.4 Å². The molecule has 1 aromatic carbocycles. The molecule has 0 spiro atoms. The molecule has 3 rings (SSSR count). The van der Waals surface area contributed by atoms with Crippen LogP contribution in [0.15, 0.2) is 24.3 Å². The maximum Gasteiger partial charge on any atom is 0.225 e. The van der Waals surface area contributed by atoms with Gasteiger partial charge in [0.05, 0.1) is 17.8 Å². The van der Waals surface area contributed by atoms with Crippen molar-refractivity contribution in [3.63, 3.8) is 0 Å². The number of β-amino-alcohol motifs (C(OH)–C–C–N with tert-alkyl or cyclic N) is 1. The summed E-state index contributed by atoms with van der Waals surface area (Å²) < 4.78 is 25.5. The van der Waals surface area contributed by atoms with E-state index in [0.717, 1.165) is 13.1 Å². The molecule has 2 N–H and O–H groups in total. The number of sulfonamides is 1. The Balaban J connectivity index is 1.64. The normalized spacial score (nSPS) is 23.7. The Morgan fingerprint density at radius 1 is 1.13 bits per heavy atom. The van der Waals surface area contributed by atoms with E-state index in [1.54, 1.807) is 7.05 Å². The first-order valence-corrected chi connectivity index (χ1v) is 12.4. The maximum absolute atomic E-state index is 12.3. The standard InChI is InChI=1S/C21H34N4O4S/c1-17-4-6-19(7-5-17)24-10-8-21(27,9-11-24)16-23-12-13-25(30(3,28)29)15-18(14-23)20(26)22-2/h4-7,18,27H,8-16H2,1-3H3,(H,22,26). The van der Waals surface area contributed by atoms with Gasteiger partial charge < -0.3 is 15.3 Å². The minimum atomic E-state index is -3.38. The largest absolute Gasteiger partial charge is 0.388 e. The van der Waals surface area contributed by atoms with E-state index in [9.17, 15) is 18.3 Å². The lowest BCUT2D eigenvalue weighted by molar-refractivity contribution is -0.125. The predicted molar refractivity (Wildman–Crippen MR) is 118 cm³/mol. The molecule has 0 bridgehead atoms. The first kappa shape index (κ1) is 23.0. The molecule has 2 saturated heterocycles. The molecule has 8 nitrogen and oxygen atoms in total. The Bertz CT molecular complexity index is 835. The number of aliphatic hydroxyl groups is 1. The van der Waals surface area contributed by atoms with Crippen molar-refractivity contribution >= 4 is 21.6 Å². The van der Waals surface area contributed by atoms with Crippen molar-refractivity contribution in [2.45, 2.75) is 25.4 Å². The number of carbonyl (C=O) groups excluding carboxylic acids is 1. The predicted octanol–water partition coefficient (Wildman–Crippen LogP) is 0.266. The van der Waals surface area contributed by atoms with Gasteiger partial charge in [-0.3, -0.25) is 9.69 Å². The summed E-state index contributed by atoms with van der Waals surface area (Å²) in [6, 6.07) is 8.42. The van der Waals surface area contributed by atoms with Gasteiger partial charge in [0.1, 0.15) is 0 Å². The van der Waals surface area contributed by atoms with E-state index in [1.807, 2.05) is 4.90 Å². The average molecular weight is 439 g/mol. The number of piperidine rings is 1. The van der Waals surface area contributed by atoms with E-state index >= 15 is 0 Å². The van der Waals surface area contributed by atoms with Crippen molar-refractivity contribution < 1.29 is 18.3 Å². The van der Waals surface area contributed by atoms with Crippen LogP contribution in [0.5, 0.6) is 0 Å². The molecule has 2 fully saturated rings. The molecule has 0 saturated carbocycles. The lowest BCUT2D eigenvalue weighted by Crippen LogP contribution is -2.52. The molecule has 30 heavy (non-hydrogen) atoms. The van der Waals surface area contributed by atoms with Crippen LogP contribution in [0.1, 0.15) is 18.4 Å². The average Bonchev–Trinajstić information content (AvgIpc) is 2.91. The van der Waals surface area contributed by atoms with Crippen LogP contribution in [0.4, 0.5) is 5.69 Å². The van der Waals surface area contributed by atoms with E-state index in [1.165, 1.54) is 21.8 Å². The summed E-state index contributed by atoms with van der Waals surface area (Å²) in [4.78, 5) is 16.6. The molecule has 168 valence electrons. The number of nitrogens with zero attached hydrogens (tertiary/aromatic N) is 3. The Morgan fingerprint density at radius 3 is 2.33 bits per heavy atom. The summed E-state index contributed by atoms with van der Waals surface area (Å²) in [7, 11) is -1.81. The van der Waals surface area contributed by atoms with Crippen molar-refractivity contribution in [3.05, 3.63) is 29.8 Å². The monoisotopic (exact) mass is 438 g/mol. The molecule has 2 aliphatic rings. The molecular weight excluding hydrogens is 404 g/mol. The maximum atomic E-state index is 12.3. The zero-order valence-corrected chi connectivity index (χ0v) is 19.0. The van der Waals surface area contributed by atoms with Crippen molar-refractivity contribution in [3.8, 4) is 0 Å². The number of hydrogen-bond donors (Lipinski definition) is 2. The number of benzene rings is 1. The van der Waals surface area contributed by atoms with Gasteiger partial charge in [0.25, 0.3) is 0 Å². The third kappa shape index (κ3) is 5.72. The quantitative estimate of drug-likeness (QED) is 0.685. The zero-order chi connectivity index (χ0) is 21.9. The summed E-state index contributed by atoms with van der Waals surface area (Å²) in [5.74, 6) is -0.625. The number of aryl methyl sites for hydroxylation is 1. The van der Waals surface area contributed by atoms with Gasteiger partial charge >= 0.3 is 0 Å². The number of carbonyl (C=O) groups is 1. The van der Waals surface area contributed by atoms with E-state index in [-0.39, 0.29) is 12.5 Å². The second kappa shape index (κ2) is 9.21. The molecule has 2 heterocycles. The van der Waals surface area contributed by atoms with Crippen LogP contribution >= 0.6 is 0 Å². The summed E-state index contributed by atoms with van der Waals surface area (Å²) in [6.45, 7) is 5.49. The Hall–Kier alpha value is -1.68. The number of nitrogens with one attached hydrogen (secondary N) is 1. The highest BCUT2D eigenvalue weighted by Crippen LogP contribution is 2.28. The number of amides is 1. The molecular formula is C21H34N4O4S. The topological polar surface area (TPSA) is 93.2 Å². The number of anilines is 1. The molecule has 0 aliphatic carbocycles. The van der Waals surface area contributed by atoms with Crippen molar-refractivity contribution in [1.82, 2.24) is 14.5 Å². The first-order chi connectivity index (χ1) is 14.1. The van der Waals surface area contributed by atoms with Crippen molar-refractivity contribution in [2.24, 2.45) is 5.92 Å². The van der Waals surface area contributed by atoms with E-state index in [0.29, 0.717) is 39.0 Å². The number of rotatable bonds is 5. The SMILES string of the molecule is CNC(=O)C1CN(CC2(O)CCN(c3ccc(C)cc3)CC2)CCN(S(C)(=O)=O)C1. The number of hydrogen-bond acceptors (Lipinski definition) is 6. The molecule has 1 aromatic rings.